The fraction of sp³-hybridized carbons (Fsp3) is 0.545. The van der Waals surface area contributed by atoms with Gasteiger partial charge < -0.3 is 21.5 Å². The lowest BCUT2D eigenvalue weighted by molar-refractivity contribution is -0.147. The molecule has 0 aromatic heterocycles. The number of urea groups is 1. The van der Waals surface area contributed by atoms with Crippen molar-refractivity contribution in [2.75, 3.05) is 7.05 Å². The largest absolute Gasteiger partial charge is 0.480 e. The Morgan fingerprint density at radius 3 is 2.57 bits per heavy atom. The van der Waals surface area contributed by atoms with Crippen LogP contribution in [0.2, 0.25) is 0 Å². The molecule has 1 saturated heterocycles. The van der Waals surface area contributed by atoms with E-state index >= 15 is 0 Å². The first-order valence-electron chi connectivity index (χ1n) is 6.11. The van der Waals surface area contributed by atoms with Crippen LogP contribution >= 0.6 is 0 Å². The summed E-state index contributed by atoms with van der Waals surface area (Å²) in [4.78, 5) is 57.1. The number of primary amides is 1. The van der Waals surface area contributed by atoms with Gasteiger partial charge in [0.1, 0.15) is 12.1 Å². The van der Waals surface area contributed by atoms with Crippen molar-refractivity contribution in [1.29, 1.82) is 0 Å². The van der Waals surface area contributed by atoms with Crippen LogP contribution in [0.4, 0.5) is 4.79 Å². The Morgan fingerprint density at radius 2 is 2.05 bits per heavy atom. The number of nitrogens with one attached hydrogen (secondary N) is 2. The number of carboxylic acids is 1. The monoisotopic (exact) mass is 300 g/mol. The fourth-order valence-corrected chi connectivity index (χ4v) is 1.81. The van der Waals surface area contributed by atoms with Crippen LogP contribution in [0, 0.1) is 0 Å². The molecule has 1 aliphatic rings. The molecule has 5 N–H and O–H groups in total. The molecule has 0 spiro atoms. The second-order valence-electron chi connectivity index (χ2n) is 4.56. The number of piperidine rings is 1. The van der Waals surface area contributed by atoms with E-state index in [1.165, 1.54) is 7.05 Å². The predicted octanol–water partition coefficient (Wildman–Crippen LogP) is -2.24. The van der Waals surface area contributed by atoms with Crippen LogP contribution in [0.3, 0.4) is 0 Å². The maximum Gasteiger partial charge on any atom is 0.326 e. The van der Waals surface area contributed by atoms with Crippen molar-refractivity contribution >= 4 is 29.7 Å². The zero-order valence-corrected chi connectivity index (χ0v) is 11.3. The molecule has 116 valence electrons. The van der Waals surface area contributed by atoms with Crippen LogP contribution in [-0.4, -0.2) is 58.9 Å². The van der Waals surface area contributed by atoms with Crippen LogP contribution in [0.1, 0.15) is 19.3 Å². The highest BCUT2D eigenvalue weighted by molar-refractivity contribution is 6.01. The molecular formula is C11H16N4O6. The Morgan fingerprint density at radius 1 is 1.43 bits per heavy atom. The van der Waals surface area contributed by atoms with Gasteiger partial charge in [0.15, 0.2) is 0 Å². The van der Waals surface area contributed by atoms with Crippen LogP contribution in [0.5, 0.6) is 0 Å². The van der Waals surface area contributed by atoms with Gasteiger partial charge in [-0.3, -0.25) is 19.3 Å². The third-order valence-electron chi connectivity index (χ3n) is 2.96. The number of hydrogen-bond acceptors (Lipinski definition) is 5. The van der Waals surface area contributed by atoms with Crippen LogP contribution in [0.15, 0.2) is 0 Å². The molecule has 0 aromatic carbocycles. The number of hydrogen-bond donors (Lipinski definition) is 4. The Labute approximate surface area is 119 Å². The first-order chi connectivity index (χ1) is 9.72. The van der Waals surface area contributed by atoms with Crippen molar-refractivity contribution in [2.45, 2.75) is 31.3 Å². The number of imide groups is 1. The summed E-state index contributed by atoms with van der Waals surface area (Å²) in [5.41, 5.74) is 4.87. The van der Waals surface area contributed by atoms with Crippen LogP contribution in [0.25, 0.3) is 0 Å². The zero-order chi connectivity index (χ0) is 16.2. The molecule has 1 aliphatic heterocycles. The van der Waals surface area contributed by atoms with Gasteiger partial charge in [0.25, 0.3) is 5.91 Å². The van der Waals surface area contributed by atoms with E-state index in [0.29, 0.717) is 0 Å². The molecule has 21 heavy (non-hydrogen) atoms. The van der Waals surface area contributed by atoms with Crippen molar-refractivity contribution in [3.63, 3.8) is 0 Å². The summed E-state index contributed by atoms with van der Waals surface area (Å²) in [5, 5.41) is 13.1. The normalized spacial score (nSPS) is 19.9. The molecule has 0 radical (unpaired) electrons. The first-order valence-corrected chi connectivity index (χ1v) is 6.11. The molecule has 1 unspecified atom stereocenters. The molecule has 0 bridgehead atoms. The molecule has 10 nitrogen and oxygen atoms in total. The number of carbonyl (C=O) groups excluding carboxylic acids is 4. The summed E-state index contributed by atoms with van der Waals surface area (Å²) in [5.74, 6) is -3.24. The number of nitrogens with two attached hydrogens (primary N) is 1. The third kappa shape index (κ3) is 4.44. The molecule has 0 aromatic rings. The van der Waals surface area contributed by atoms with Crippen molar-refractivity contribution in [3.05, 3.63) is 0 Å². The van der Waals surface area contributed by atoms with Gasteiger partial charge in [0.05, 0.1) is 6.42 Å². The van der Waals surface area contributed by atoms with E-state index < -0.39 is 42.3 Å². The number of rotatable bonds is 5. The number of amides is 5. The fourth-order valence-electron chi connectivity index (χ4n) is 1.81. The SMILES string of the molecule is CN1C(=O)CCC(NC(=O)N[C@H](CC(N)=O)C(=O)O)C1=O. The second-order valence-corrected chi connectivity index (χ2v) is 4.56. The molecule has 5 amide bonds. The zero-order valence-electron chi connectivity index (χ0n) is 11.3. The summed E-state index contributed by atoms with van der Waals surface area (Å²) < 4.78 is 0. The van der Waals surface area contributed by atoms with Gasteiger partial charge in [0, 0.05) is 13.5 Å². The Bertz CT molecular complexity index is 491. The average Bonchev–Trinajstić information content (AvgIpc) is 2.38. The average molecular weight is 300 g/mol. The molecule has 2 atom stereocenters. The van der Waals surface area contributed by atoms with Gasteiger partial charge in [-0.1, -0.05) is 0 Å². The smallest absolute Gasteiger partial charge is 0.326 e. The summed E-state index contributed by atoms with van der Waals surface area (Å²) in [6.45, 7) is 0. The molecule has 0 aliphatic carbocycles. The van der Waals surface area contributed by atoms with E-state index in [0.717, 1.165) is 4.90 Å². The van der Waals surface area contributed by atoms with Gasteiger partial charge in [-0.25, -0.2) is 9.59 Å². The first kappa shape index (κ1) is 16.4. The number of likely N-dealkylation sites (N-methyl/N-ethyl adjacent to an activating group) is 1. The van der Waals surface area contributed by atoms with Crippen molar-refractivity contribution in [2.24, 2.45) is 5.73 Å². The van der Waals surface area contributed by atoms with E-state index in [2.05, 4.69) is 5.32 Å². The molecule has 10 heteroatoms. The van der Waals surface area contributed by atoms with E-state index in [-0.39, 0.29) is 18.7 Å². The van der Waals surface area contributed by atoms with Gasteiger partial charge >= 0.3 is 12.0 Å². The summed E-state index contributed by atoms with van der Waals surface area (Å²) >= 11 is 0. The number of aliphatic carboxylic acids is 1. The molecular weight excluding hydrogens is 284 g/mol. The predicted molar refractivity (Wildman–Crippen MR) is 67.7 cm³/mol. The Balaban J connectivity index is 2.60. The number of nitrogens with zero attached hydrogens (tertiary/aromatic N) is 1. The lowest BCUT2D eigenvalue weighted by Crippen LogP contribution is -2.57. The lowest BCUT2D eigenvalue weighted by atomic mass is 10.1. The Kier molecular flexibility index (Phi) is 5.22. The number of carbonyl (C=O) groups is 5. The maximum absolute atomic E-state index is 11.7. The van der Waals surface area contributed by atoms with Crippen molar-refractivity contribution in [1.82, 2.24) is 15.5 Å². The highest BCUT2D eigenvalue weighted by atomic mass is 16.4. The summed E-state index contributed by atoms with van der Waals surface area (Å²) in [7, 11) is 1.30. The standard InChI is InChI=1S/C11H16N4O6/c1-15-8(17)3-2-5(9(15)18)13-11(21)14-6(10(19)20)4-7(12)16/h5-6H,2-4H2,1H3,(H2,12,16)(H,19,20)(H2,13,14,21)/t5?,6-/m1/s1. The minimum absolute atomic E-state index is 0.0941. The quantitative estimate of drug-likeness (QED) is 0.420. The van der Waals surface area contributed by atoms with E-state index in [1.54, 1.807) is 0 Å². The van der Waals surface area contributed by atoms with Gasteiger partial charge in [-0.15, -0.1) is 0 Å². The molecule has 1 fully saturated rings. The highest BCUT2D eigenvalue weighted by Crippen LogP contribution is 2.11. The molecule has 0 saturated carbocycles. The van der Waals surface area contributed by atoms with Crippen LogP contribution < -0.4 is 16.4 Å². The molecule has 1 rings (SSSR count). The topological polar surface area (TPSA) is 159 Å². The van der Waals surface area contributed by atoms with E-state index in [4.69, 9.17) is 10.8 Å². The highest BCUT2D eigenvalue weighted by Gasteiger charge is 2.33. The minimum atomic E-state index is -1.49. The number of carboxylic acid groups (broad SMARTS) is 1. The third-order valence-corrected chi connectivity index (χ3v) is 2.96. The van der Waals surface area contributed by atoms with E-state index in [1.807, 2.05) is 5.32 Å². The van der Waals surface area contributed by atoms with E-state index in [9.17, 15) is 24.0 Å². The van der Waals surface area contributed by atoms with Crippen LogP contribution in [-0.2, 0) is 19.2 Å². The van der Waals surface area contributed by atoms with Gasteiger partial charge in [-0.2, -0.15) is 0 Å². The number of likely N-dealkylation sites (tertiary alicyclic amines) is 1. The Hall–Kier alpha value is -2.65. The van der Waals surface area contributed by atoms with Crippen molar-refractivity contribution < 1.29 is 29.1 Å². The maximum atomic E-state index is 11.7. The van der Waals surface area contributed by atoms with Gasteiger partial charge in [-0.05, 0) is 6.42 Å². The van der Waals surface area contributed by atoms with Crippen molar-refractivity contribution in [3.8, 4) is 0 Å². The summed E-state index contributed by atoms with van der Waals surface area (Å²) in [6.07, 6.45) is -0.348. The van der Waals surface area contributed by atoms with Gasteiger partial charge in [0.2, 0.25) is 11.8 Å². The lowest BCUT2D eigenvalue weighted by Gasteiger charge is -2.28. The second kappa shape index (κ2) is 6.68. The summed E-state index contributed by atoms with van der Waals surface area (Å²) in [6, 6.07) is -3.33. The molecule has 1 heterocycles. The minimum Gasteiger partial charge on any atom is -0.480 e.